The van der Waals surface area contributed by atoms with Crippen molar-refractivity contribution >= 4 is 21.7 Å². The van der Waals surface area contributed by atoms with E-state index < -0.39 is 5.41 Å². The van der Waals surface area contributed by atoms with Gasteiger partial charge in [0, 0.05) is 12.0 Å². The van der Waals surface area contributed by atoms with Crippen molar-refractivity contribution in [3.05, 3.63) is 22.6 Å². The number of hydrogen-bond donors (Lipinski definition) is 1. The number of rotatable bonds is 3. The fraction of sp³-hybridized carbons (Fsp3) is 0.583. The first kappa shape index (κ1) is 11.9. The number of halogens is 1. The van der Waals surface area contributed by atoms with Crippen molar-refractivity contribution in [2.24, 2.45) is 11.1 Å². The van der Waals surface area contributed by atoms with Gasteiger partial charge in [0.2, 0.25) is 5.78 Å². The fourth-order valence-electron chi connectivity index (χ4n) is 2.45. The Bertz CT molecular complexity index is 380. The van der Waals surface area contributed by atoms with Crippen LogP contribution in [0.4, 0.5) is 0 Å². The highest BCUT2D eigenvalue weighted by atomic mass is 79.9. The van der Waals surface area contributed by atoms with Crippen LogP contribution in [0.2, 0.25) is 0 Å². The van der Waals surface area contributed by atoms with Gasteiger partial charge in [0.25, 0.3) is 0 Å². The lowest BCUT2D eigenvalue weighted by Crippen LogP contribution is -2.40. The summed E-state index contributed by atoms with van der Waals surface area (Å²) in [6.07, 6.45) is 6.67. The molecular weight excluding hydrogens is 270 g/mol. The third kappa shape index (κ3) is 1.96. The summed E-state index contributed by atoms with van der Waals surface area (Å²) < 4.78 is 5.99. The molecule has 2 rings (SSSR count). The van der Waals surface area contributed by atoms with Gasteiger partial charge in [-0.15, -0.1) is 0 Å². The molecule has 16 heavy (non-hydrogen) atoms. The molecule has 0 bridgehead atoms. The molecule has 0 unspecified atom stereocenters. The quantitative estimate of drug-likeness (QED) is 0.868. The van der Waals surface area contributed by atoms with Crippen LogP contribution in [0.5, 0.6) is 0 Å². The molecule has 2 N–H and O–H groups in total. The van der Waals surface area contributed by atoms with Crippen LogP contribution in [0, 0.1) is 5.41 Å². The van der Waals surface area contributed by atoms with Crippen LogP contribution in [0.15, 0.2) is 21.2 Å². The maximum absolute atomic E-state index is 12.4. The van der Waals surface area contributed by atoms with Gasteiger partial charge in [-0.3, -0.25) is 4.79 Å². The van der Waals surface area contributed by atoms with Gasteiger partial charge in [0.05, 0.1) is 10.7 Å². The van der Waals surface area contributed by atoms with Crippen molar-refractivity contribution in [1.29, 1.82) is 0 Å². The lowest BCUT2D eigenvalue weighted by atomic mass is 9.70. The number of nitrogens with two attached hydrogens (primary N) is 1. The second-order valence-electron chi connectivity index (χ2n) is 4.47. The first-order valence-corrected chi connectivity index (χ1v) is 6.47. The Balaban J connectivity index is 2.28. The van der Waals surface area contributed by atoms with Crippen molar-refractivity contribution in [3.8, 4) is 0 Å². The summed E-state index contributed by atoms with van der Waals surface area (Å²) in [7, 11) is 0. The first-order valence-electron chi connectivity index (χ1n) is 5.67. The average molecular weight is 286 g/mol. The van der Waals surface area contributed by atoms with Crippen LogP contribution in [0.3, 0.4) is 0 Å². The highest BCUT2D eigenvalue weighted by molar-refractivity contribution is 9.10. The van der Waals surface area contributed by atoms with E-state index in [1.54, 1.807) is 6.07 Å². The third-order valence-electron chi connectivity index (χ3n) is 3.51. The highest BCUT2D eigenvalue weighted by Gasteiger charge is 2.40. The topological polar surface area (TPSA) is 56.2 Å². The molecule has 4 heteroatoms. The standard InChI is InChI=1S/C12H16BrNO2/c13-9-4-7-16-10(9)11(15)12(8-14)5-2-1-3-6-12/h4,7H,1-3,5-6,8,14H2. The number of carbonyl (C=O) groups excluding carboxylic acids is 1. The van der Waals surface area contributed by atoms with Gasteiger partial charge in [-0.2, -0.15) is 0 Å². The van der Waals surface area contributed by atoms with Crippen LogP contribution in [0.1, 0.15) is 42.7 Å². The Morgan fingerprint density at radius 1 is 1.44 bits per heavy atom. The molecular formula is C12H16BrNO2. The second kappa shape index (κ2) is 4.72. The van der Waals surface area contributed by atoms with Crippen molar-refractivity contribution < 1.29 is 9.21 Å². The number of hydrogen-bond acceptors (Lipinski definition) is 3. The molecule has 0 spiro atoms. The molecule has 1 heterocycles. The SMILES string of the molecule is NCC1(C(=O)c2occc2Br)CCCCC1. The Labute approximate surface area is 104 Å². The van der Waals surface area contributed by atoms with Gasteiger partial charge in [-0.05, 0) is 34.8 Å². The summed E-state index contributed by atoms with van der Waals surface area (Å²) in [4.78, 5) is 12.4. The molecule has 0 radical (unpaired) electrons. The van der Waals surface area contributed by atoms with Crippen LogP contribution in [0.25, 0.3) is 0 Å². The lowest BCUT2D eigenvalue weighted by molar-refractivity contribution is 0.0697. The van der Waals surface area contributed by atoms with Gasteiger partial charge < -0.3 is 10.2 Å². The van der Waals surface area contributed by atoms with E-state index >= 15 is 0 Å². The summed E-state index contributed by atoms with van der Waals surface area (Å²) in [5.41, 5.74) is 5.43. The van der Waals surface area contributed by atoms with Gasteiger partial charge >= 0.3 is 0 Å². The van der Waals surface area contributed by atoms with E-state index in [9.17, 15) is 4.79 Å². The molecule has 1 saturated carbocycles. The van der Waals surface area contributed by atoms with Gasteiger partial charge in [-0.25, -0.2) is 0 Å². The molecule has 0 atom stereocenters. The maximum atomic E-state index is 12.4. The molecule has 0 aromatic carbocycles. The lowest BCUT2D eigenvalue weighted by Gasteiger charge is -2.33. The Kier molecular flexibility index (Phi) is 3.50. The fourth-order valence-corrected chi connectivity index (χ4v) is 2.83. The Morgan fingerprint density at radius 3 is 2.62 bits per heavy atom. The third-order valence-corrected chi connectivity index (χ3v) is 4.13. The van der Waals surface area contributed by atoms with E-state index in [0.29, 0.717) is 12.3 Å². The molecule has 1 aromatic heterocycles. The molecule has 1 aliphatic carbocycles. The van der Waals surface area contributed by atoms with Crippen molar-refractivity contribution in [2.45, 2.75) is 32.1 Å². The molecule has 1 fully saturated rings. The Morgan fingerprint density at radius 2 is 2.12 bits per heavy atom. The highest BCUT2D eigenvalue weighted by Crippen LogP contribution is 2.39. The Hall–Kier alpha value is -0.610. The summed E-state index contributed by atoms with van der Waals surface area (Å²) in [6.45, 7) is 0.416. The number of Topliss-reactive ketones (excluding diaryl/α,β-unsaturated/α-hetero) is 1. The van der Waals surface area contributed by atoms with Gasteiger partial charge in [0.1, 0.15) is 0 Å². The predicted molar refractivity (Wildman–Crippen MR) is 65.3 cm³/mol. The summed E-state index contributed by atoms with van der Waals surface area (Å²) >= 11 is 3.33. The zero-order valence-corrected chi connectivity index (χ0v) is 10.8. The molecule has 1 aromatic rings. The van der Waals surface area contributed by atoms with Crippen molar-refractivity contribution in [3.63, 3.8) is 0 Å². The van der Waals surface area contributed by atoms with Crippen molar-refractivity contribution in [2.75, 3.05) is 6.54 Å². The minimum atomic E-state index is -0.390. The van der Waals surface area contributed by atoms with Crippen LogP contribution >= 0.6 is 15.9 Å². The van der Waals surface area contributed by atoms with E-state index in [1.807, 2.05) is 0 Å². The molecule has 3 nitrogen and oxygen atoms in total. The minimum Gasteiger partial charge on any atom is -0.460 e. The normalized spacial score (nSPS) is 19.6. The van der Waals surface area contributed by atoms with Crippen LogP contribution < -0.4 is 5.73 Å². The summed E-state index contributed by atoms with van der Waals surface area (Å²) in [5.74, 6) is 0.485. The zero-order chi connectivity index (χ0) is 11.6. The average Bonchev–Trinajstić information content (AvgIpc) is 2.75. The van der Waals surface area contributed by atoms with E-state index in [0.717, 1.165) is 30.2 Å². The molecule has 0 amide bonds. The van der Waals surface area contributed by atoms with Crippen molar-refractivity contribution in [1.82, 2.24) is 0 Å². The second-order valence-corrected chi connectivity index (χ2v) is 5.33. The van der Waals surface area contributed by atoms with Gasteiger partial charge in [0.15, 0.2) is 5.76 Å². The zero-order valence-electron chi connectivity index (χ0n) is 9.17. The van der Waals surface area contributed by atoms with Crippen LogP contribution in [-0.4, -0.2) is 12.3 Å². The van der Waals surface area contributed by atoms with E-state index in [1.165, 1.54) is 12.7 Å². The van der Waals surface area contributed by atoms with Gasteiger partial charge in [-0.1, -0.05) is 19.3 Å². The largest absolute Gasteiger partial charge is 0.460 e. The number of furan rings is 1. The van der Waals surface area contributed by atoms with Crippen LogP contribution in [-0.2, 0) is 0 Å². The maximum Gasteiger partial charge on any atom is 0.206 e. The molecule has 0 aliphatic heterocycles. The predicted octanol–water partition coefficient (Wildman–Crippen LogP) is 3.13. The van der Waals surface area contributed by atoms with E-state index in [-0.39, 0.29) is 5.78 Å². The summed E-state index contributed by atoms with van der Waals surface area (Å²) in [6, 6.07) is 1.75. The van der Waals surface area contributed by atoms with E-state index in [2.05, 4.69) is 15.9 Å². The smallest absolute Gasteiger partial charge is 0.206 e. The first-order chi connectivity index (χ1) is 7.69. The van der Waals surface area contributed by atoms with E-state index in [4.69, 9.17) is 10.2 Å². The summed E-state index contributed by atoms with van der Waals surface area (Å²) in [5, 5.41) is 0. The molecule has 88 valence electrons. The number of carbonyl (C=O) groups is 1. The number of ketones is 1. The molecule has 0 saturated heterocycles. The molecule has 1 aliphatic rings. The minimum absolute atomic E-state index is 0.0616. The monoisotopic (exact) mass is 285 g/mol.